The minimum absolute atomic E-state index is 0.000139. The van der Waals surface area contributed by atoms with Crippen LogP contribution in [0, 0.1) is 22.7 Å². The Morgan fingerprint density at radius 3 is 2.50 bits per heavy atom. The van der Waals surface area contributed by atoms with E-state index < -0.39 is 5.91 Å². The van der Waals surface area contributed by atoms with Gasteiger partial charge in [-0.3, -0.25) is 4.79 Å². The van der Waals surface area contributed by atoms with Crippen LogP contribution in [0.2, 0.25) is 0 Å². The van der Waals surface area contributed by atoms with Gasteiger partial charge >= 0.3 is 0 Å². The van der Waals surface area contributed by atoms with E-state index in [2.05, 4.69) is 0 Å². The summed E-state index contributed by atoms with van der Waals surface area (Å²) in [6.45, 7) is -0.438. The number of hydrogen-bond donors (Lipinski definition) is 1. The third-order valence-corrected chi connectivity index (χ3v) is 2.26. The summed E-state index contributed by atoms with van der Waals surface area (Å²) >= 11 is 0. The molecule has 18 heavy (non-hydrogen) atoms. The molecule has 6 heteroatoms. The second-order valence-corrected chi connectivity index (χ2v) is 3.33. The highest BCUT2D eigenvalue weighted by molar-refractivity contribution is 5.97. The Kier molecular flexibility index (Phi) is 4.53. The van der Waals surface area contributed by atoms with Gasteiger partial charge in [-0.2, -0.15) is 10.5 Å². The molecule has 0 radical (unpaired) electrons. The largest absolute Gasteiger partial charge is 0.504 e. The van der Waals surface area contributed by atoms with Crippen molar-refractivity contribution in [3.05, 3.63) is 23.8 Å². The minimum atomic E-state index is -0.588. The Labute approximate surface area is 104 Å². The van der Waals surface area contributed by atoms with Crippen LogP contribution >= 0.6 is 0 Å². The summed E-state index contributed by atoms with van der Waals surface area (Å²) < 4.78 is 4.88. The predicted molar refractivity (Wildman–Crippen MR) is 61.8 cm³/mol. The van der Waals surface area contributed by atoms with E-state index in [0.717, 1.165) is 4.90 Å². The average Bonchev–Trinajstić information content (AvgIpc) is 2.38. The highest BCUT2D eigenvalue weighted by Crippen LogP contribution is 2.30. The zero-order chi connectivity index (χ0) is 13.5. The van der Waals surface area contributed by atoms with Crippen LogP contribution in [0.3, 0.4) is 0 Å². The van der Waals surface area contributed by atoms with Crippen molar-refractivity contribution in [2.75, 3.05) is 20.2 Å². The predicted octanol–water partition coefficient (Wildman–Crippen LogP) is 0.890. The number of methoxy groups -OCH3 is 1. The second-order valence-electron chi connectivity index (χ2n) is 3.33. The van der Waals surface area contributed by atoms with Crippen molar-refractivity contribution in [2.24, 2.45) is 0 Å². The van der Waals surface area contributed by atoms with Gasteiger partial charge in [0.05, 0.1) is 24.8 Å². The van der Waals surface area contributed by atoms with E-state index in [9.17, 15) is 9.90 Å². The Hall–Kier alpha value is -2.73. The van der Waals surface area contributed by atoms with Gasteiger partial charge in [0.15, 0.2) is 11.5 Å². The SMILES string of the molecule is COc1cccc(C(=O)N(CC#N)CC#N)c1O. The molecule has 1 amide bonds. The maximum atomic E-state index is 12.0. The molecule has 1 aromatic carbocycles. The van der Waals surface area contributed by atoms with Crippen LogP contribution in [0.4, 0.5) is 0 Å². The third-order valence-electron chi connectivity index (χ3n) is 2.26. The van der Waals surface area contributed by atoms with Crippen molar-refractivity contribution in [2.45, 2.75) is 0 Å². The maximum absolute atomic E-state index is 12.0. The lowest BCUT2D eigenvalue weighted by molar-refractivity contribution is 0.0791. The van der Waals surface area contributed by atoms with Crippen molar-refractivity contribution < 1.29 is 14.6 Å². The number of rotatable bonds is 4. The number of phenols is 1. The lowest BCUT2D eigenvalue weighted by Crippen LogP contribution is -2.31. The van der Waals surface area contributed by atoms with Crippen LogP contribution in [0.1, 0.15) is 10.4 Å². The van der Waals surface area contributed by atoms with Crippen molar-refractivity contribution in [3.8, 4) is 23.6 Å². The zero-order valence-electron chi connectivity index (χ0n) is 9.75. The number of phenolic OH excluding ortho intramolecular Hbond substituents is 1. The van der Waals surface area contributed by atoms with Gasteiger partial charge in [0.2, 0.25) is 0 Å². The molecular weight excluding hydrogens is 234 g/mol. The molecule has 1 N–H and O–H groups in total. The molecular formula is C12H11N3O3. The molecule has 1 rings (SSSR count). The summed E-state index contributed by atoms with van der Waals surface area (Å²) in [4.78, 5) is 13.1. The summed E-state index contributed by atoms with van der Waals surface area (Å²) in [6.07, 6.45) is 0. The number of hydrogen-bond acceptors (Lipinski definition) is 5. The van der Waals surface area contributed by atoms with Gasteiger partial charge in [0.25, 0.3) is 5.91 Å². The van der Waals surface area contributed by atoms with Gasteiger partial charge in [-0.1, -0.05) is 6.07 Å². The van der Waals surface area contributed by atoms with Crippen molar-refractivity contribution in [1.82, 2.24) is 4.90 Å². The van der Waals surface area contributed by atoms with E-state index >= 15 is 0 Å². The third kappa shape index (κ3) is 2.69. The normalized spacial score (nSPS) is 9.06. The Morgan fingerprint density at radius 1 is 1.39 bits per heavy atom. The molecule has 0 spiro atoms. The fourth-order valence-corrected chi connectivity index (χ4v) is 1.40. The number of benzene rings is 1. The fraction of sp³-hybridized carbons (Fsp3) is 0.250. The summed E-state index contributed by atoms with van der Waals surface area (Å²) in [5, 5.41) is 27.0. The number of amides is 1. The van der Waals surface area contributed by atoms with E-state index in [1.165, 1.54) is 19.2 Å². The number of aromatic hydroxyl groups is 1. The first-order valence-corrected chi connectivity index (χ1v) is 5.04. The van der Waals surface area contributed by atoms with Crippen molar-refractivity contribution >= 4 is 5.91 Å². The van der Waals surface area contributed by atoms with E-state index in [0.29, 0.717) is 0 Å². The van der Waals surface area contributed by atoms with Gasteiger partial charge in [0.1, 0.15) is 13.1 Å². The molecule has 92 valence electrons. The van der Waals surface area contributed by atoms with Gasteiger partial charge < -0.3 is 14.7 Å². The maximum Gasteiger partial charge on any atom is 0.259 e. The van der Waals surface area contributed by atoms with Gasteiger partial charge in [-0.05, 0) is 12.1 Å². The fourth-order valence-electron chi connectivity index (χ4n) is 1.40. The number of nitrogens with zero attached hydrogens (tertiary/aromatic N) is 3. The van der Waals surface area contributed by atoms with Crippen molar-refractivity contribution in [3.63, 3.8) is 0 Å². The lowest BCUT2D eigenvalue weighted by Gasteiger charge is -2.17. The van der Waals surface area contributed by atoms with Gasteiger partial charge in [-0.15, -0.1) is 0 Å². The topological polar surface area (TPSA) is 97.4 Å². The molecule has 0 heterocycles. The molecule has 0 aliphatic rings. The quantitative estimate of drug-likeness (QED) is 0.794. The standard InChI is InChI=1S/C12H11N3O3/c1-18-10-4-2-3-9(11(10)16)12(17)15(7-5-13)8-6-14/h2-4,16H,7-8H2,1H3. The van der Waals surface area contributed by atoms with Crippen LogP contribution in [0.15, 0.2) is 18.2 Å². The molecule has 0 atom stereocenters. The molecule has 0 saturated carbocycles. The first-order valence-electron chi connectivity index (χ1n) is 5.04. The number of carbonyl (C=O) groups is 1. The first-order chi connectivity index (χ1) is 8.65. The van der Waals surface area contributed by atoms with Crippen LogP contribution in [-0.2, 0) is 0 Å². The van der Waals surface area contributed by atoms with Crippen molar-refractivity contribution in [1.29, 1.82) is 10.5 Å². The van der Waals surface area contributed by atoms with Gasteiger partial charge in [0, 0.05) is 0 Å². The molecule has 0 aliphatic carbocycles. The zero-order valence-corrected chi connectivity index (χ0v) is 9.75. The molecule has 1 aromatic rings. The number of ether oxygens (including phenoxy) is 1. The number of carbonyl (C=O) groups excluding carboxylic acids is 1. The minimum Gasteiger partial charge on any atom is -0.504 e. The lowest BCUT2D eigenvalue weighted by atomic mass is 10.1. The van der Waals surface area contributed by atoms with Gasteiger partial charge in [-0.25, -0.2) is 0 Å². The summed E-state index contributed by atoms with van der Waals surface area (Å²) in [7, 11) is 1.37. The smallest absolute Gasteiger partial charge is 0.259 e. The highest BCUT2D eigenvalue weighted by Gasteiger charge is 2.20. The first kappa shape index (κ1) is 13.3. The Balaban J connectivity index is 3.10. The van der Waals surface area contributed by atoms with E-state index in [4.69, 9.17) is 15.3 Å². The number of nitriles is 2. The monoisotopic (exact) mass is 245 g/mol. The number of para-hydroxylation sites is 1. The van der Waals surface area contributed by atoms with Crippen LogP contribution in [0.25, 0.3) is 0 Å². The summed E-state index contributed by atoms with van der Waals surface area (Å²) in [5.74, 6) is -0.727. The van der Waals surface area contributed by atoms with Crippen LogP contribution < -0.4 is 4.74 Å². The molecule has 0 fully saturated rings. The van der Waals surface area contributed by atoms with Crippen LogP contribution in [0.5, 0.6) is 11.5 Å². The Morgan fingerprint density at radius 2 is 2.00 bits per heavy atom. The Bertz CT molecular complexity index is 512. The second kappa shape index (κ2) is 6.12. The highest BCUT2D eigenvalue weighted by atomic mass is 16.5. The van der Waals surface area contributed by atoms with E-state index in [1.54, 1.807) is 18.2 Å². The van der Waals surface area contributed by atoms with Crippen LogP contribution in [-0.4, -0.2) is 36.1 Å². The average molecular weight is 245 g/mol. The molecule has 0 saturated heterocycles. The summed E-state index contributed by atoms with van der Waals surface area (Å²) in [5.41, 5.74) is -0.000139. The summed E-state index contributed by atoms with van der Waals surface area (Å²) in [6, 6.07) is 8.04. The molecule has 0 bridgehead atoms. The molecule has 6 nitrogen and oxygen atoms in total. The molecule has 0 unspecified atom stereocenters. The van der Waals surface area contributed by atoms with E-state index in [-0.39, 0.29) is 30.2 Å². The molecule has 0 aliphatic heterocycles. The van der Waals surface area contributed by atoms with E-state index in [1.807, 2.05) is 0 Å². The molecule has 0 aromatic heterocycles.